The van der Waals surface area contributed by atoms with E-state index in [4.69, 9.17) is 4.74 Å². The first-order valence-electron chi connectivity index (χ1n) is 6.42. The molecule has 0 bridgehead atoms. The van der Waals surface area contributed by atoms with Crippen molar-refractivity contribution in [2.75, 3.05) is 11.9 Å². The van der Waals surface area contributed by atoms with Crippen LogP contribution in [-0.2, 0) is 14.3 Å². The number of amides is 1. The fourth-order valence-electron chi connectivity index (χ4n) is 1.62. The van der Waals surface area contributed by atoms with E-state index in [0.29, 0.717) is 6.42 Å². The summed E-state index contributed by atoms with van der Waals surface area (Å²) in [5, 5.41) is 2.39. The van der Waals surface area contributed by atoms with Crippen molar-refractivity contribution in [3.05, 3.63) is 30.4 Å². The lowest BCUT2D eigenvalue weighted by atomic mass is 10.3. The molecule has 1 N–H and O–H groups in total. The van der Waals surface area contributed by atoms with Crippen LogP contribution in [0.3, 0.4) is 0 Å². The molecule has 1 heterocycles. The topological polar surface area (TPSA) is 73.9 Å². The maximum Gasteiger partial charge on any atom is 0.586 e. The van der Waals surface area contributed by atoms with Gasteiger partial charge in [-0.1, -0.05) is 13.0 Å². The molecule has 1 aliphatic heterocycles. The SMILES string of the molecule is CC/C=C/C(=O)OCC(=O)Nc1ccc2c(c1)OC(F)(F)O2. The van der Waals surface area contributed by atoms with E-state index in [1.165, 1.54) is 24.3 Å². The first-order valence-corrected chi connectivity index (χ1v) is 6.42. The Kier molecular flexibility index (Phi) is 4.59. The number of ether oxygens (including phenoxy) is 3. The van der Waals surface area contributed by atoms with Crippen LogP contribution >= 0.6 is 0 Å². The third-order valence-electron chi connectivity index (χ3n) is 2.52. The average Bonchev–Trinajstić information content (AvgIpc) is 2.76. The lowest BCUT2D eigenvalue weighted by Crippen LogP contribution is -2.25. The monoisotopic (exact) mass is 313 g/mol. The molecule has 2 rings (SSSR count). The van der Waals surface area contributed by atoms with Gasteiger partial charge in [0.05, 0.1) is 0 Å². The van der Waals surface area contributed by atoms with Crippen LogP contribution in [0.2, 0.25) is 0 Å². The molecule has 1 aromatic carbocycles. The highest BCUT2D eigenvalue weighted by Gasteiger charge is 2.43. The molecule has 0 spiro atoms. The van der Waals surface area contributed by atoms with E-state index in [1.807, 2.05) is 6.92 Å². The summed E-state index contributed by atoms with van der Waals surface area (Å²) in [4.78, 5) is 22.8. The molecule has 0 aliphatic carbocycles. The fourth-order valence-corrected chi connectivity index (χ4v) is 1.62. The molecule has 1 aliphatic rings. The van der Waals surface area contributed by atoms with E-state index >= 15 is 0 Å². The van der Waals surface area contributed by atoms with Crippen molar-refractivity contribution in [2.45, 2.75) is 19.6 Å². The molecule has 22 heavy (non-hydrogen) atoms. The molecule has 6 nitrogen and oxygen atoms in total. The van der Waals surface area contributed by atoms with Gasteiger partial charge in [0.2, 0.25) is 0 Å². The number of benzene rings is 1. The number of alkyl halides is 2. The van der Waals surface area contributed by atoms with Crippen molar-refractivity contribution in [2.24, 2.45) is 0 Å². The van der Waals surface area contributed by atoms with E-state index in [2.05, 4.69) is 14.8 Å². The Morgan fingerprint density at radius 1 is 1.32 bits per heavy atom. The molecular weight excluding hydrogens is 300 g/mol. The Morgan fingerprint density at radius 3 is 2.77 bits per heavy atom. The fraction of sp³-hybridized carbons (Fsp3) is 0.286. The smallest absolute Gasteiger partial charge is 0.452 e. The number of halogens is 2. The largest absolute Gasteiger partial charge is 0.586 e. The van der Waals surface area contributed by atoms with Crippen LogP contribution in [0.5, 0.6) is 11.5 Å². The van der Waals surface area contributed by atoms with Crippen molar-refractivity contribution in [3.63, 3.8) is 0 Å². The second kappa shape index (κ2) is 6.42. The summed E-state index contributed by atoms with van der Waals surface area (Å²) in [6.45, 7) is 1.36. The van der Waals surface area contributed by atoms with Gasteiger partial charge in [-0.05, 0) is 18.6 Å². The Labute approximate surface area is 124 Å². The zero-order valence-electron chi connectivity index (χ0n) is 11.6. The lowest BCUT2D eigenvalue weighted by Gasteiger charge is -2.06. The summed E-state index contributed by atoms with van der Waals surface area (Å²) in [5.74, 6) is -1.56. The second-order valence-electron chi connectivity index (χ2n) is 4.30. The van der Waals surface area contributed by atoms with Crippen molar-refractivity contribution < 1.29 is 32.6 Å². The number of esters is 1. The van der Waals surface area contributed by atoms with Gasteiger partial charge in [0.1, 0.15) is 0 Å². The summed E-state index contributed by atoms with van der Waals surface area (Å²) < 4.78 is 38.9. The van der Waals surface area contributed by atoms with Gasteiger partial charge in [-0.15, -0.1) is 8.78 Å². The third kappa shape index (κ3) is 4.18. The highest BCUT2D eigenvalue weighted by atomic mass is 19.3. The molecule has 118 valence electrons. The quantitative estimate of drug-likeness (QED) is 0.667. The molecule has 0 unspecified atom stereocenters. The standard InChI is InChI=1S/C14H13F2NO5/c1-2-3-4-13(19)20-8-12(18)17-9-5-6-10-11(7-9)22-14(15,16)21-10/h3-7H,2,8H2,1H3,(H,17,18)/b4-3+. The minimum Gasteiger partial charge on any atom is -0.452 e. The van der Waals surface area contributed by atoms with Crippen LogP contribution in [0.15, 0.2) is 30.4 Å². The number of rotatable bonds is 5. The average molecular weight is 313 g/mol. The number of hydrogen-bond acceptors (Lipinski definition) is 5. The van der Waals surface area contributed by atoms with Crippen LogP contribution in [0, 0.1) is 0 Å². The number of nitrogens with one attached hydrogen (secondary N) is 1. The van der Waals surface area contributed by atoms with E-state index in [0.717, 1.165) is 0 Å². The zero-order valence-corrected chi connectivity index (χ0v) is 11.6. The molecule has 0 atom stereocenters. The zero-order chi connectivity index (χ0) is 16.2. The first kappa shape index (κ1) is 15.7. The summed E-state index contributed by atoms with van der Waals surface area (Å²) in [6.07, 6.45) is -0.233. The van der Waals surface area contributed by atoms with Crippen molar-refractivity contribution in [1.82, 2.24) is 0 Å². The van der Waals surface area contributed by atoms with Gasteiger partial charge in [-0.3, -0.25) is 4.79 Å². The minimum atomic E-state index is -3.72. The van der Waals surface area contributed by atoms with Gasteiger partial charge < -0.3 is 19.5 Å². The molecule has 0 saturated heterocycles. The van der Waals surface area contributed by atoms with Crippen LogP contribution < -0.4 is 14.8 Å². The number of carbonyl (C=O) groups is 2. The van der Waals surface area contributed by atoms with Gasteiger partial charge in [-0.2, -0.15) is 0 Å². The predicted molar refractivity (Wildman–Crippen MR) is 71.7 cm³/mol. The van der Waals surface area contributed by atoms with Gasteiger partial charge in [0, 0.05) is 17.8 Å². The molecule has 0 radical (unpaired) electrons. The van der Waals surface area contributed by atoms with Crippen LogP contribution in [0.1, 0.15) is 13.3 Å². The van der Waals surface area contributed by atoms with Gasteiger partial charge in [0.25, 0.3) is 5.91 Å². The number of fused-ring (bicyclic) bond motifs is 1. The molecule has 0 saturated carbocycles. The van der Waals surface area contributed by atoms with Crippen molar-refractivity contribution >= 4 is 17.6 Å². The Balaban J connectivity index is 1.88. The van der Waals surface area contributed by atoms with Crippen molar-refractivity contribution in [3.8, 4) is 11.5 Å². The number of anilines is 1. The van der Waals surface area contributed by atoms with Gasteiger partial charge in [0.15, 0.2) is 18.1 Å². The molecule has 8 heteroatoms. The van der Waals surface area contributed by atoms with Gasteiger partial charge >= 0.3 is 12.3 Å². The molecule has 1 aromatic rings. The van der Waals surface area contributed by atoms with E-state index in [-0.39, 0.29) is 17.2 Å². The summed E-state index contributed by atoms with van der Waals surface area (Å²) >= 11 is 0. The van der Waals surface area contributed by atoms with Crippen LogP contribution in [0.25, 0.3) is 0 Å². The van der Waals surface area contributed by atoms with Crippen molar-refractivity contribution in [1.29, 1.82) is 0 Å². The van der Waals surface area contributed by atoms with E-state index < -0.39 is 24.8 Å². The highest BCUT2D eigenvalue weighted by Crippen LogP contribution is 2.42. The first-order chi connectivity index (χ1) is 10.4. The Hall–Kier alpha value is -2.64. The maximum absolute atomic E-state index is 12.8. The van der Waals surface area contributed by atoms with Gasteiger partial charge in [-0.25, -0.2) is 4.79 Å². The van der Waals surface area contributed by atoms with Crippen LogP contribution in [-0.4, -0.2) is 24.8 Å². The minimum absolute atomic E-state index is 0.126. The summed E-state index contributed by atoms with van der Waals surface area (Å²) in [5.41, 5.74) is 0.213. The molecule has 0 aromatic heterocycles. The predicted octanol–water partition coefficient (Wildman–Crippen LogP) is 2.46. The second-order valence-corrected chi connectivity index (χ2v) is 4.30. The number of hydrogen-bond donors (Lipinski definition) is 1. The molecular formula is C14H13F2NO5. The summed E-state index contributed by atoms with van der Waals surface area (Å²) in [7, 11) is 0. The number of carbonyl (C=O) groups excluding carboxylic acids is 2. The third-order valence-corrected chi connectivity index (χ3v) is 2.52. The normalized spacial score (nSPS) is 14.9. The summed E-state index contributed by atoms with van der Waals surface area (Å²) in [6, 6.07) is 3.79. The van der Waals surface area contributed by atoms with E-state index in [1.54, 1.807) is 6.08 Å². The lowest BCUT2D eigenvalue weighted by molar-refractivity contribution is -0.286. The van der Waals surface area contributed by atoms with Crippen LogP contribution in [0.4, 0.5) is 14.5 Å². The number of allylic oxidation sites excluding steroid dienone is 1. The molecule has 1 amide bonds. The Morgan fingerprint density at radius 2 is 2.05 bits per heavy atom. The molecule has 0 fully saturated rings. The highest BCUT2D eigenvalue weighted by molar-refractivity contribution is 5.94. The van der Waals surface area contributed by atoms with E-state index in [9.17, 15) is 18.4 Å². The Bertz CT molecular complexity index is 615. The maximum atomic E-state index is 12.8.